The number of ether oxygens (including phenoxy) is 2. The van der Waals surface area contributed by atoms with Crippen molar-refractivity contribution in [2.45, 2.75) is 31.4 Å². The van der Waals surface area contributed by atoms with Gasteiger partial charge in [0.05, 0.1) is 25.5 Å². The van der Waals surface area contributed by atoms with Crippen LogP contribution in [-0.4, -0.2) is 52.3 Å². The molecular weight excluding hydrogens is 344 g/mol. The summed E-state index contributed by atoms with van der Waals surface area (Å²) in [6, 6.07) is 6.25. The summed E-state index contributed by atoms with van der Waals surface area (Å²) in [5, 5.41) is 11.8. The van der Waals surface area contributed by atoms with Gasteiger partial charge >= 0.3 is 6.01 Å². The lowest BCUT2D eigenvalue weighted by molar-refractivity contribution is -0.150. The lowest BCUT2D eigenvalue weighted by atomic mass is 9.63. The van der Waals surface area contributed by atoms with E-state index in [2.05, 4.69) is 25.9 Å². The third-order valence-corrected chi connectivity index (χ3v) is 5.96. The molecular formula is C20H26N4O3. The summed E-state index contributed by atoms with van der Waals surface area (Å²) in [6.07, 6.45) is 6.58. The van der Waals surface area contributed by atoms with Crippen molar-refractivity contribution in [3.8, 4) is 11.9 Å². The van der Waals surface area contributed by atoms with Gasteiger partial charge in [0.1, 0.15) is 5.60 Å². The highest BCUT2D eigenvalue weighted by Crippen LogP contribution is 2.51. The van der Waals surface area contributed by atoms with Gasteiger partial charge in [0, 0.05) is 43.9 Å². The fraction of sp³-hybridized carbons (Fsp3) is 0.550. The van der Waals surface area contributed by atoms with E-state index in [0.717, 1.165) is 44.6 Å². The molecule has 1 aliphatic heterocycles. The Morgan fingerprint density at radius 3 is 2.56 bits per heavy atom. The van der Waals surface area contributed by atoms with Crippen LogP contribution in [0.3, 0.4) is 0 Å². The van der Waals surface area contributed by atoms with Crippen molar-refractivity contribution in [3.05, 3.63) is 41.9 Å². The molecule has 0 amide bonds. The minimum Gasteiger partial charge on any atom is -0.481 e. The van der Waals surface area contributed by atoms with Gasteiger partial charge in [-0.05, 0) is 25.0 Å². The largest absolute Gasteiger partial charge is 0.481 e. The van der Waals surface area contributed by atoms with Crippen molar-refractivity contribution in [1.29, 1.82) is 0 Å². The minimum absolute atomic E-state index is 0.111. The van der Waals surface area contributed by atoms with Gasteiger partial charge in [-0.2, -0.15) is 4.98 Å². The number of hydrogen-bond acceptors (Lipinski definition) is 7. The zero-order valence-electron chi connectivity index (χ0n) is 15.8. The molecule has 4 rings (SSSR count). The van der Waals surface area contributed by atoms with Crippen LogP contribution < -0.4 is 9.47 Å². The fourth-order valence-electron chi connectivity index (χ4n) is 4.71. The first-order valence-corrected chi connectivity index (χ1v) is 9.45. The topological polar surface area (TPSA) is 80.6 Å². The summed E-state index contributed by atoms with van der Waals surface area (Å²) in [7, 11) is 3.09. The van der Waals surface area contributed by atoms with Crippen molar-refractivity contribution in [2.24, 2.45) is 11.8 Å². The van der Waals surface area contributed by atoms with Gasteiger partial charge in [-0.3, -0.25) is 9.88 Å². The Balaban J connectivity index is 1.62. The molecule has 2 aromatic heterocycles. The normalized spacial score (nSPS) is 28.0. The monoisotopic (exact) mass is 370 g/mol. The lowest BCUT2D eigenvalue weighted by Gasteiger charge is -2.53. The highest BCUT2D eigenvalue weighted by atomic mass is 16.5. The predicted octanol–water partition coefficient (Wildman–Crippen LogP) is 2.01. The molecule has 1 N–H and O–H groups in total. The number of rotatable bonds is 5. The van der Waals surface area contributed by atoms with Gasteiger partial charge in [-0.1, -0.05) is 12.5 Å². The third-order valence-electron chi connectivity index (χ3n) is 5.96. The van der Waals surface area contributed by atoms with E-state index in [9.17, 15) is 5.11 Å². The number of aliphatic hydroxyl groups is 1. The van der Waals surface area contributed by atoms with Crippen LogP contribution in [0.15, 0.2) is 30.6 Å². The maximum absolute atomic E-state index is 11.8. The molecule has 2 bridgehead atoms. The molecule has 7 heteroatoms. The van der Waals surface area contributed by atoms with Crippen LogP contribution >= 0.6 is 0 Å². The second-order valence-electron chi connectivity index (χ2n) is 7.44. The van der Waals surface area contributed by atoms with Crippen LogP contribution in [0.1, 0.15) is 30.5 Å². The number of piperidine rings is 1. The molecule has 1 aliphatic carbocycles. The number of pyridine rings is 1. The van der Waals surface area contributed by atoms with Crippen LogP contribution in [0.25, 0.3) is 0 Å². The number of likely N-dealkylation sites (tertiary alicyclic amines) is 1. The van der Waals surface area contributed by atoms with Crippen LogP contribution in [0.2, 0.25) is 0 Å². The first kappa shape index (κ1) is 18.1. The van der Waals surface area contributed by atoms with Crippen molar-refractivity contribution in [1.82, 2.24) is 19.9 Å². The molecule has 2 atom stereocenters. The number of methoxy groups -OCH3 is 2. The van der Waals surface area contributed by atoms with E-state index in [4.69, 9.17) is 9.47 Å². The van der Waals surface area contributed by atoms with E-state index in [0.29, 0.717) is 11.4 Å². The second-order valence-corrected chi connectivity index (χ2v) is 7.44. The molecule has 0 aromatic carbocycles. The molecule has 27 heavy (non-hydrogen) atoms. The molecule has 0 spiro atoms. The summed E-state index contributed by atoms with van der Waals surface area (Å²) < 4.78 is 10.6. The van der Waals surface area contributed by atoms with Gasteiger partial charge in [0.25, 0.3) is 0 Å². The third kappa shape index (κ3) is 3.26. The van der Waals surface area contributed by atoms with Crippen LogP contribution in [0.4, 0.5) is 0 Å². The Bertz CT molecular complexity index is 772. The molecule has 7 nitrogen and oxygen atoms in total. The molecule has 3 heterocycles. The number of nitrogens with zero attached hydrogens (tertiary/aromatic N) is 4. The van der Waals surface area contributed by atoms with Gasteiger partial charge < -0.3 is 14.6 Å². The Kier molecular flexibility index (Phi) is 4.97. The Labute approximate surface area is 159 Å². The van der Waals surface area contributed by atoms with Crippen LogP contribution in [-0.2, 0) is 12.1 Å². The molecule has 2 fully saturated rings. The van der Waals surface area contributed by atoms with Crippen molar-refractivity contribution in [3.63, 3.8) is 0 Å². The maximum atomic E-state index is 11.8. The van der Waals surface area contributed by atoms with Crippen molar-refractivity contribution in [2.75, 3.05) is 27.3 Å². The van der Waals surface area contributed by atoms with Gasteiger partial charge in [-0.25, -0.2) is 4.98 Å². The quantitative estimate of drug-likeness (QED) is 0.862. The standard InChI is InChI=1S/C20H26N4O3/c1-26-18-17(10-22-19(23-18)27-2)20(25)14-6-5-7-15(20)12-24(11-14)13-16-8-3-4-9-21-16/h3-4,8-10,14-15,25H,5-7,11-13H2,1-2H3/t14-,15-/m1/s1. The van der Waals surface area contributed by atoms with Gasteiger partial charge in [-0.15, -0.1) is 0 Å². The Morgan fingerprint density at radius 1 is 1.15 bits per heavy atom. The maximum Gasteiger partial charge on any atom is 0.319 e. The van der Waals surface area contributed by atoms with E-state index >= 15 is 0 Å². The first-order chi connectivity index (χ1) is 13.1. The zero-order valence-corrected chi connectivity index (χ0v) is 15.8. The average Bonchev–Trinajstić information content (AvgIpc) is 2.69. The number of hydrogen-bond donors (Lipinski definition) is 1. The fourth-order valence-corrected chi connectivity index (χ4v) is 4.71. The van der Waals surface area contributed by atoms with E-state index in [1.165, 1.54) is 7.11 Å². The summed E-state index contributed by atoms with van der Waals surface area (Å²) in [5.74, 6) is 0.624. The summed E-state index contributed by atoms with van der Waals surface area (Å²) in [5.41, 5.74) is 0.764. The smallest absolute Gasteiger partial charge is 0.319 e. The highest BCUT2D eigenvalue weighted by molar-refractivity contribution is 5.34. The molecule has 1 saturated carbocycles. The van der Waals surface area contributed by atoms with Crippen molar-refractivity contribution >= 4 is 0 Å². The molecule has 144 valence electrons. The Hall–Kier alpha value is -2.25. The van der Waals surface area contributed by atoms with Crippen molar-refractivity contribution < 1.29 is 14.6 Å². The minimum atomic E-state index is -0.976. The molecule has 2 aliphatic rings. The summed E-state index contributed by atoms with van der Waals surface area (Å²) >= 11 is 0. The lowest BCUT2D eigenvalue weighted by Crippen LogP contribution is -2.58. The molecule has 0 unspecified atom stereocenters. The highest BCUT2D eigenvalue weighted by Gasteiger charge is 2.53. The summed E-state index contributed by atoms with van der Waals surface area (Å²) in [4.78, 5) is 15.4. The van der Waals surface area contributed by atoms with E-state index < -0.39 is 5.60 Å². The molecule has 0 radical (unpaired) electrons. The molecule has 1 saturated heterocycles. The van der Waals surface area contributed by atoms with E-state index in [-0.39, 0.29) is 17.8 Å². The van der Waals surface area contributed by atoms with Crippen LogP contribution in [0.5, 0.6) is 11.9 Å². The van der Waals surface area contributed by atoms with Gasteiger partial charge in [0.2, 0.25) is 5.88 Å². The summed E-state index contributed by atoms with van der Waals surface area (Å²) in [6.45, 7) is 2.44. The zero-order chi connectivity index (χ0) is 18.9. The SMILES string of the molecule is COc1ncc(C2(O)[C@@H]3CCC[C@@H]2CN(Cc2ccccn2)C3)c(OC)n1. The Morgan fingerprint density at radius 2 is 1.93 bits per heavy atom. The number of aromatic nitrogens is 3. The van der Waals surface area contributed by atoms with E-state index in [1.807, 2.05) is 18.3 Å². The van der Waals surface area contributed by atoms with E-state index in [1.54, 1.807) is 13.3 Å². The first-order valence-electron chi connectivity index (χ1n) is 9.45. The predicted molar refractivity (Wildman–Crippen MR) is 99.4 cm³/mol. The number of fused-ring (bicyclic) bond motifs is 2. The molecule has 2 aromatic rings. The second kappa shape index (κ2) is 7.40. The average molecular weight is 370 g/mol. The van der Waals surface area contributed by atoms with Crippen LogP contribution in [0, 0.1) is 11.8 Å². The van der Waals surface area contributed by atoms with Gasteiger partial charge in [0.15, 0.2) is 0 Å².